The molecule has 3 unspecified atom stereocenters. The van der Waals surface area contributed by atoms with Crippen molar-refractivity contribution in [2.24, 2.45) is 0 Å². The fraction of sp³-hybridized carbons (Fsp3) is 0.375. The lowest BCUT2D eigenvalue weighted by atomic mass is 9.98. The number of aliphatic carboxylic acids is 1. The van der Waals surface area contributed by atoms with Crippen LogP contribution in [0.1, 0.15) is 30.4 Å². The van der Waals surface area contributed by atoms with Gasteiger partial charge in [0.05, 0.1) is 13.0 Å². The van der Waals surface area contributed by atoms with E-state index in [2.05, 4.69) is 10.6 Å². The molecule has 3 rings (SSSR count). The summed E-state index contributed by atoms with van der Waals surface area (Å²) in [5, 5.41) is 23.4. The van der Waals surface area contributed by atoms with Gasteiger partial charge in [0.2, 0.25) is 5.91 Å². The number of fused-ring (bicyclic) bond motifs is 3. The van der Waals surface area contributed by atoms with Crippen molar-refractivity contribution >= 4 is 29.7 Å². The third-order valence-electron chi connectivity index (χ3n) is 5.74. The summed E-state index contributed by atoms with van der Waals surface area (Å²) in [6.07, 6.45) is 0.341. The summed E-state index contributed by atoms with van der Waals surface area (Å²) < 4.78 is 5.43. The second-order valence-electron chi connectivity index (χ2n) is 7.87. The number of hydrogen-bond donors (Lipinski definition) is 4. The Kier molecular flexibility index (Phi) is 8.35. The molecular formula is C24H28N2O6S. The highest BCUT2D eigenvalue weighted by Crippen LogP contribution is 2.44. The van der Waals surface area contributed by atoms with Crippen molar-refractivity contribution in [2.45, 2.75) is 36.6 Å². The van der Waals surface area contributed by atoms with Gasteiger partial charge in [0.15, 0.2) is 0 Å². The predicted octanol–water partition coefficient (Wildman–Crippen LogP) is 2.60. The minimum Gasteiger partial charge on any atom is -0.481 e. The average molecular weight is 473 g/mol. The van der Waals surface area contributed by atoms with Crippen LogP contribution in [0.15, 0.2) is 48.5 Å². The maximum absolute atomic E-state index is 12.6. The van der Waals surface area contributed by atoms with E-state index in [1.54, 1.807) is 13.2 Å². The number of aliphatic hydroxyl groups is 1. The van der Waals surface area contributed by atoms with Crippen molar-refractivity contribution in [3.63, 3.8) is 0 Å². The number of ether oxygens (including phenoxy) is 1. The SMILES string of the molecule is CSC(CO)C(C)NC(=O)C(CC(=O)O)NC(=O)OCC1c2ccccc2-c2ccccc21. The normalized spacial score (nSPS) is 15.0. The van der Waals surface area contributed by atoms with Crippen LogP contribution in [0.4, 0.5) is 4.79 Å². The highest BCUT2D eigenvalue weighted by molar-refractivity contribution is 7.99. The van der Waals surface area contributed by atoms with Crippen LogP contribution < -0.4 is 10.6 Å². The van der Waals surface area contributed by atoms with Gasteiger partial charge in [0.25, 0.3) is 0 Å². The number of carbonyl (C=O) groups excluding carboxylic acids is 2. The van der Waals surface area contributed by atoms with Crippen molar-refractivity contribution in [3.8, 4) is 11.1 Å². The first kappa shape index (κ1) is 24.6. The number of benzene rings is 2. The Bertz CT molecular complexity index is 964. The van der Waals surface area contributed by atoms with E-state index < -0.39 is 36.5 Å². The van der Waals surface area contributed by atoms with E-state index in [9.17, 15) is 24.6 Å². The van der Waals surface area contributed by atoms with Gasteiger partial charge >= 0.3 is 12.1 Å². The van der Waals surface area contributed by atoms with Gasteiger partial charge in [-0.3, -0.25) is 9.59 Å². The van der Waals surface area contributed by atoms with Crippen LogP contribution >= 0.6 is 11.8 Å². The van der Waals surface area contributed by atoms with Gasteiger partial charge in [-0.2, -0.15) is 11.8 Å². The van der Waals surface area contributed by atoms with Crippen LogP contribution in [0.3, 0.4) is 0 Å². The number of carboxylic acid groups (broad SMARTS) is 1. The van der Waals surface area contributed by atoms with Crippen LogP contribution in [-0.2, 0) is 14.3 Å². The topological polar surface area (TPSA) is 125 Å². The lowest BCUT2D eigenvalue weighted by molar-refractivity contribution is -0.140. The molecule has 0 bridgehead atoms. The molecule has 176 valence electrons. The molecule has 4 N–H and O–H groups in total. The lowest BCUT2D eigenvalue weighted by Crippen LogP contribution is -2.52. The molecule has 8 nitrogen and oxygen atoms in total. The van der Waals surface area contributed by atoms with Crippen LogP contribution in [0.25, 0.3) is 11.1 Å². The number of carbonyl (C=O) groups is 3. The second-order valence-corrected chi connectivity index (χ2v) is 8.95. The fourth-order valence-corrected chi connectivity index (χ4v) is 4.65. The van der Waals surface area contributed by atoms with Gasteiger partial charge in [-0.15, -0.1) is 0 Å². The Hall–Kier alpha value is -3.04. The second kappa shape index (κ2) is 11.2. The molecule has 0 aliphatic heterocycles. The number of hydrogen-bond acceptors (Lipinski definition) is 6. The van der Waals surface area contributed by atoms with Crippen LogP contribution in [0.2, 0.25) is 0 Å². The minimum absolute atomic E-state index is 0.0523. The molecular weight excluding hydrogens is 444 g/mol. The highest BCUT2D eigenvalue weighted by atomic mass is 32.2. The summed E-state index contributed by atoms with van der Waals surface area (Å²) in [7, 11) is 0. The summed E-state index contributed by atoms with van der Waals surface area (Å²) >= 11 is 1.38. The Labute approximate surface area is 196 Å². The van der Waals surface area contributed by atoms with E-state index >= 15 is 0 Å². The third kappa shape index (κ3) is 5.85. The number of thioether (sulfide) groups is 1. The first-order valence-electron chi connectivity index (χ1n) is 10.6. The zero-order valence-electron chi connectivity index (χ0n) is 18.5. The number of aliphatic hydroxyl groups excluding tert-OH is 1. The molecule has 2 amide bonds. The zero-order valence-corrected chi connectivity index (χ0v) is 19.3. The van der Waals surface area contributed by atoms with Crippen molar-refractivity contribution < 1.29 is 29.3 Å². The standard InChI is InChI=1S/C24H28N2O6S/c1-14(21(12-27)33-2)25-23(30)20(11-22(28)29)26-24(31)32-13-19-17-9-5-3-7-15(17)16-8-4-6-10-18(16)19/h3-10,14,19-21,27H,11-13H2,1-2H3,(H,25,30)(H,26,31)(H,28,29). The smallest absolute Gasteiger partial charge is 0.407 e. The molecule has 0 aromatic heterocycles. The van der Waals surface area contributed by atoms with E-state index in [-0.39, 0.29) is 24.4 Å². The molecule has 0 spiro atoms. The molecule has 2 aromatic rings. The van der Waals surface area contributed by atoms with E-state index in [0.29, 0.717) is 0 Å². The Morgan fingerprint density at radius 1 is 1.03 bits per heavy atom. The maximum Gasteiger partial charge on any atom is 0.407 e. The molecule has 0 fully saturated rings. The van der Waals surface area contributed by atoms with Crippen LogP contribution in [-0.4, -0.2) is 65.0 Å². The van der Waals surface area contributed by atoms with Crippen LogP contribution in [0, 0.1) is 0 Å². The number of rotatable bonds is 10. The Morgan fingerprint density at radius 3 is 2.12 bits per heavy atom. The van der Waals surface area contributed by atoms with Crippen molar-refractivity contribution in [2.75, 3.05) is 19.5 Å². The Morgan fingerprint density at radius 2 is 1.61 bits per heavy atom. The van der Waals surface area contributed by atoms with Gasteiger partial charge in [0, 0.05) is 17.2 Å². The fourth-order valence-electron chi connectivity index (χ4n) is 4.02. The number of carboxylic acids is 1. The van der Waals surface area contributed by atoms with Gasteiger partial charge in [0.1, 0.15) is 12.6 Å². The molecule has 1 aliphatic rings. The molecule has 1 aliphatic carbocycles. The predicted molar refractivity (Wildman–Crippen MR) is 126 cm³/mol. The van der Waals surface area contributed by atoms with Crippen molar-refractivity contribution in [1.82, 2.24) is 10.6 Å². The third-order valence-corrected chi connectivity index (χ3v) is 6.90. The molecule has 0 saturated carbocycles. The molecule has 3 atom stereocenters. The summed E-state index contributed by atoms with van der Waals surface area (Å²) in [5.74, 6) is -2.03. The molecule has 0 saturated heterocycles. The molecule has 9 heteroatoms. The van der Waals surface area contributed by atoms with Gasteiger partial charge < -0.3 is 25.6 Å². The molecule has 33 heavy (non-hydrogen) atoms. The first-order chi connectivity index (χ1) is 15.8. The summed E-state index contributed by atoms with van der Waals surface area (Å²) in [6.45, 7) is 1.61. The lowest BCUT2D eigenvalue weighted by Gasteiger charge is -2.24. The van der Waals surface area contributed by atoms with Gasteiger partial charge in [-0.05, 0) is 35.4 Å². The maximum atomic E-state index is 12.6. The van der Waals surface area contributed by atoms with E-state index in [4.69, 9.17) is 4.74 Å². The summed E-state index contributed by atoms with van der Waals surface area (Å²) in [4.78, 5) is 36.4. The van der Waals surface area contributed by atoms with E-state index in [1.165, 1.54) is 11.8 Å². The van der Waals surface area contributed by atoms with E-state index in [1.807, 2.05) is 48.5 Å². The van der Waals surface area contributed by atoms with E-state index in [0.717, 1.165) is 22.3 Å². The number of alkyl carbamates (subject to hydrolysis) is 1. The highest BCUT2D eigenvalue weighted by Gasteiger charge is 2.31. The van der Waals surface area contributed by atoms with Gasteiger partial charge in [-0.1, -0.05) is 48.5 Å². The zero-order chi connectivity index (χ0) is 24.0. The average Bonchev–Trinajstić information content (AvgIpc) is 3.11. The molecule has 2 aromatic carbocycles. The molecule has 0 radical (unpaired) electrons. The van der Waals surface area contributed by atoms with Crippen molar-refractivity contribution in [3.05, 3.63) is 59.7 Å². The monoisotopic (exact) mass is 472 g/mol. The summed E-state index contributed by atoms with van der Waals surface area (Å²) in [6, 6.07) is 14.1. The Balaban J connectivity index is 1.65. The van der Waals surface area contributed by atoms with Crippen LogP contribution in [0.5, 0.6) is 0 Å². The van der Waals surface area contributed by atoms with Crippen molar-refractivity contribution in [1.29, 1.82) is 0 Å². The summed E-state index contributed by atoms with van der Waals surface area (Å²) in [5.41, 5.74) is 4.28. The minimum atomic E-state index is -1.30. The quantitative estimate of drug-likeness (QED) is 0.419. The molecule has 0 heterocycles. The van der Waals surface area contributed by atoms with Gasteiger partial charge in [-0.25, -0.2) is 4.79 Å². The number of nitrogens with one attached hydrogen (secondary N) is 2. The number of amides is 2. The largest absolute Gasteiger partial charge is 0.481 e. The first-order valence-corrected chi connectivity index (χ1v) is 11.9.